The Morgan fingerprint density at radius 1 is 1.00 bits per heavy atom. The maximum atomic E-state index is 12.1. The van der Waals surface area contributed by atoms with Crippen LogP contribution in [0.3, 0.4) is 0 Å². The molecule has 0 spiro atoms. The van der Waals surface area contributed by atoms with Gasteiger partial charge in [-0.25, -0.2) is 4.79 Å². The predicted molar refractivity (Wildman–Crippen MR) is 76.7 cm³/mol. The van der Waals surface area contributed by atoms with E-state index >= 15 is 0 Å². The number of carbonyl (C=O) groups excluding carboxylic acids is 1. The minimum absolute atomic E-state index is 0.195. The van der Waals surface area contributed by atoms with Crippen LogP contribution in [-0.4, -0.2) is 11.1 Å². The Morgan fingerprint density at radius 3 is 2.47 bits per heavy atom. The number of carbonyl (C=O) groups is 1. The maximum Gasteiger partial charge on any atom is 0.347 e. The van der Waals surface area contributed by atoms with Crippen LogP contribution in [0.4, 0.5) is 0 Å². The topological polar surface area (TPSA) is 35.5 Å². The summed E-state index contributed by atoms with van der Waals surface area (Å²) in [6, 6.07) is 11.6. The van der Waals surface area contributed by atoms with Crippen LogP contribution < -0.4 is 4.52 Å². The Bertz CT molecular complexity index is 658. The van der Waals surface area contributed by atoms with Crippen molar-refractivity contribution < 1.29 is 13.8 Å². The molecule has 0 saturated heterocycles. The molecule has 0 amide bonds. The molecule has 98 valence electrons. The van der Waals surface area contributed by atoms with Crippen LogP contribution in [0, 0.1) is 0 Å². The first-order chi connectivity index (χ1) is 8.97. The highest BCUT2D eigenvalue weighted by atomic mass is 31.2. The van der Waals surface area contributed by atoms with Gasteiger partial charge in [-0.3, -0.25) is 0 Å². The van der Waals surface area contributed by atoms with Crippen molar-refractivity contribution in [3.8, 4) is 5.75 Å². The second-order valence-electron chi connectivity index (χ2n) is 5.56. The van der Waals surface area contributed by atoms with Crippen molar-refractivity contribution >= 4 is 25.1 Å². The summed E-state index contributed by atoms with van der Waals surface area (Å²) in [6.07, 6.45) is 0. The Hall–Kier alpha value is -1.60. The molecule has 1 atom stereocenters. The van der Waals surface area contributed by atoms with Crippen LogP contribution in [0.25, 0.3) is 10.8 Å². The smallest absolute Gasteiger partial charge is 0.347 e. The Labute approximate surface area is 113 Å². The molecule has 0 radical (unpaired) electrons. The first-order valence-corrected chi connectivity index (χ1v) is 7.37. The Morgan fingerprint density at radius 2 is 1.74 bits per heavy atom. The molecule has 2 aromatic rings. The SMILES string of the molecule is CC(C)(C)P1OC(=O)c2ccc3ccccc3c2O1. The van der Waals surface area contributed by atoms with E-state index in [1.165, 1.54) is 0 Å². The third-order valence-electron chi connectivity index (χ3n) is 2.99. The van der Waals surface area contributed by atoms with Crippen LogP contribution >= 0.6 is 8.38 Å². The van der Waals surface area contributed by atoms with Gasteiger partial charge in [0.15, 0.2) is 0 Å². The fourth-order valence-corrected chi connectivity index (χ4v) is 3.20. The molecule has 0 N–H and O–H groups in total. The van der Waals surface area contributed by atoms with Gasteiger partial charge in [0.1, 0.15) is 11.3 Å². The second kappa shape index (κ2) is 4.21. The summed E-state index contributed by atoms with van der Waals surface area (Å²) in [4.78, 5) is 12.1. The summed E-state index contributed by atoms with van der Waals surface area (Å²) >= 11 is 0. The fourth-order valence-electron chi connectivity index (χ4n) is 2.00. The molecule has 0 aromatic heterocycles. The van der Waals surface area contributed by atoms with Gasteiger partial charge in [-0.05, 0) is 32.2 Å². The molecule has 1 aliphatic heterocycles. The zero-order valence-electron chi connectivity index (χ0n) is 11.1. The number of fused-ring (bicyclic) bond motifs is 3. The third-order valence-corrected chi connectivity index (χ3v) is 4.76. The normalized spacial score (nSPS) is 18.7. The lowest BCUT2D eigenvalue weighted by molar-refractivity contribution is 0.0715. The van der Waals surface area contributed by atoms with Crippen LogP contribution in [0.1, 0.15) is 31.1 Å². The lowest BCUT2D eigenvalue weighted by atomic mass is 10.1. The molecule has 0 saturated carbocycles. The van der Waals surface area contributed by atoms with E-state index in [1.807, 2.05) is 51.1 Å². The van der Waals surface area contributed by atoms with Gasteiger partial charge >= 0.3 is 5.97 Å². The van der Waals surface area contributed by atoms with E-state index in [4.69, 9.17) is 9.05 Å². The van der Waals surface area contributed by atoms with Crippen molar-refractivity contribution in [2.75, 3.05) is 0 Å². The summed E-state index contributed by atoms with van der Waals surface area (Å²) < 4.78 is 11.4. The van der Waals surface area contributed by atoms with Gasteiger partial charge in [0, 0.05) is 5.39 Å². The lowest BCUT2D eigenvalue weighted by Gasteiger charge is -2.32. The third kappa shape index (κ3) is 2.08. The highest BCUT2D eigenvalue weighted by Crippen LogP contribution is 2.56. The molecule has 0 bridgehead atoms. The molecular formula is C15H15O3P. The molecule has 1 heterocycles. The van der Waals surface area contributed by atoms with Crippen LogP contribution in [0.2, 0.25) is 0 Å². The Balaban J connectivity index is 2.19. The highest BCUT2D eigenvalue weighted by Gasteiger charge is 2.38. The molecule has 3 rings (SSSR count). The number of hydrogen-bond donors (Lipinski definition) is 0. The number of hydrogen-bond acceptors (Lipinski definition) is 3. The molecule has 1 unspecified atom stereocenters. The number of rotatable bonds is 0. The molecule has 3 nitrogen and oxygen atoms in total. The molecule has 0 fully saturated rings. The van der Waals surface area contributed by atoms with Crippen molar-refractivity contribution in [2.45, 2.75) is 25.9 Å². The Kier molecular flexibility index (Phi) is 2.75. The summed E-state index contributed by atoms with van der Waals surface area (Å²) in [6.45, 7) is 6.05. The molecule has 1 aliphatic rings. The van der Waals surface area contributed by atoms with Crippen LogP contribution in [0.5, 0.6) is 5.75 Å². The van der Waals surface area contributed by atoms with Gasteiger partial charge in [-0.1, -0.05) is 30.3 Å². The first-order valence-electron chi connectivity index (χ1n) is 6.19. The quantitative estimate of drug-likeness (QED) is 0.663. The first kappa shape index (κ1) is 12.4. The van der Waals surface area contributed by atoms with E-state index in [9.17, 15) is 4.79 Å². The molecule has 2 aromatic carbocycles. The average molecular weight is 274 g/mol. The molecular weight excluding hydrogens is 259 g/mol. The van der Waals surface area contributed by atoms with E-state index in [-0.39, 0.29) is 11.1 Å². The standard InChI is InChI=1S/C15H15O3P/c1-15(2,3)19-17-13-11-7-5-4-6-10(11)8-9-12(13)14(16)18-19/h4-9H,1-3H3. The lowest BCUT2D eigenvalue weighted by Crippen LogP contribution is -2.23. The average Bonchev–Trinajstić information content (AvgIpc) is 2.37. The monoisotopic (exact) mass is 274 g/mol. The molecule has 0 aliphatic carbocycles. The number of benzene rings is 2. The van der Waals surface area contributed by atoms with Gasteiger partial charge in [0.05, 0.1) is 5.16 Å². The minimum atomic E-state index is -1.26. The molecule has 4 heteroatoms. The van der Waals surface area contributed by atoms with E-state index in [0.29, 0.717) is 11.3 Å². The summed E-state index contributed by atoms with van der Waals surface area (Å²) in [5, 5.41) is 1.84. The van der Waals surface area contributed by atoms with Gasteiger partial charge in [0.2, 0.25) is 0 Å². The zero-order chi connectivity index (χ0) is 13.6. The summed E-state index contributed by atoms with van der Waals surface area (Å²) in [5.74, 6) is 0.378. The second-order valence-corrected chi connectivity index (χ2v) is 7.78. The minimum Gasteiger partial charge on any atom is -0.437 e. The van der Waals surface area contributed by atoms with Gasteiger partial charge in [-0.15, -0.1) is 0 Å². The van der Waals surface area contributed by atoms with E-state index in [1.54, 1.807) is 6.07 Å². The summed E-state index contributed by atoms with van der Waals surface area (Å²) in [5.41, 5.74) is 0.515. The van der Waals surface area contributed by atoms with Crippen LogP contribution in [-0.2, 0) is 4.52 Å². The van der Waals surface area contributed by atoms with Crippen molar-refractivity contribution in [1.29, 1.82) is 0 Å². The van der Waals surface area contributed by atoms with Crippen LogP contribution in [0.15, 0.2) is 36.4 Å². The van der Waals surface area contributed by atoms with Crippen molar-refractivity contribution in [3.05, 3.63) is 42.0 Å². The van der Waals surface area contributed by atoms with Crippen molar-refractivity contribution in [1.82, 2.24) is 0 Å². The summed E-state index contributed by atoms with van der Waals surface area (Å²) in [7, 11) is -1.26. The van der Waals surface area contributed by atoms with Gasteiger partial charge in [0.25, 0.3) is 8.38 Å². The zero-order valence-corrected chi connectivity index (χ0v) is 12.0. The highest BCUT2D eigenvalue weighted by molar-refractivity contribution is 7.50. The van der Waals surface area contributed by atoms with E-state index in [2.05, 4.69) is 0 Å². The van der Waals surface area contributed by atoms with E-state index < -0.39 is 8.38 Å². The van der Waals surface area contributed by atoms with Crippen molar-refractivity contribution in [2.24, 2.45) is 0 Å². The fraction of sp³-hybridized carbons (Fsp3) is 0.267. The largest absolute Gasteiger partial charge is 0.437 e. The molecule has 19 heavy (non-hydrogen) atoms. The maximum absolute atomic E-state index is 12.1. The van der Waals surface area contributed by atoms with Crippen molar-refractivity contribution in [3.63, 3.8) is 0 Å². The predicted octanol–water partition coefficient (Wildman–Crippen LogP) is 4.50. The van der Waals surface area contributed by atoms with Gasteiger partial charge in [-0.2, -0.15) is 0 Å². The van der Waals surface area contributed by atoms with E-state index in [0.717, 1.165) is 10.8 Å². The van der Waals surface area contributed by atoms with Gasteiger partial charge < -0.3 is 9.05 Å².